The Hall–Kier alpha value is -2.37. The Bertz CT molecular complexity index is 543. The van der Waals surface area contributed by atoms with Gasteiger partial charge in [0.25, 0.3) is 0 Å². The molecule has 0 saturated carbocycles. The van der Waals surface area contributed by atoms with Crippen LogP contribution >= 0.6 is 0 Å². The molecule has 0 aromatic carbocycles. The predicted molar refractivity (Wildman–Crippen MR) is 71.4 cm³/mol. The average Bonchev–Trinajstić information content (AvgIpc) is 2.47. The van der Waals surface area contributed by atoms with Gasteiger partial charge in [-0.05, 0) is 12.5 Å². The van der Waals surface area contributed by atoms with Crippen LogP contribution in [0.1, 0.15) is 11.1 Å². The fourth-order valence-electron chi connectivity index (χ4n) is 1.64. The van der Waals surface area contributed by atoms with Crippen molar-refractivity contribution in [3.05, 3.63) is 35.8 Å². The minimum atomic E-state index is 0.574. The maximum atomic E-state index is 5.15. The molecule has 0 radical (unpaired) electrons. The summed E-state index contributed by atoms with van der Waals surface area (Å²) in [5, 5.41) is 3.23. The van der Waals surface area contributed by atoms with E-state index in [0.29, 0.717) is 18.3 Å². The first-order valence-electron chi connectivity index (χ1n) is 5.83. The van der Waals surface area contributed by atoms with Gasteiger partial charge in [-0.1, -0.05) is 6.07 Å². The third-order valence-electron chi connectivity index (χ3n) is 2.70. The van der Waals surface area contributed by atoms with Gasteiger partial charge in [0, 0.05) is 18.8 Å². The molecule has 0 unspecified atom stereocenters. The smallest absolute Gasteiger partial charge is 0.221 e. The van der Waals surface area contributed by atoms with Gasteiger partial charge in [0.15, 0.2) is 0 Å². The summed E-state index contributed by atoms with van der Waals surface area (Å²) in [7, 11) is 3.18. The number of rotatable bonds is 5. The van der Waals surface area contributed by atoms with Crippen LogP contribution in [-0.2, 0) is 6.54 Å². The highest BCUT2D eigenvalue weighted by Gasteiger charge is 2.06. The molecular formula is C13H16N4O2. The highest BCUT2D eigenvalue weighted by Crippen LogP contribution is 2.20. The van der Waals surface area contributed by atoms with Gasteiger partial charge in [-0.15, -0.1) is 0 Å². The molecule has 0 aliphatic carbocycles. The quantitative estimate of drug-likeness (QED) is 0.884. The fraction of sp³-hybridized carbons (Fsp3) is 0.308. The number of pyridine rings is 1. The van der Waals surface area contributed by atoms with Crippen LogP contribution in [0.2, 0.25) is 0 Å². The third-order valence-corrected chi connectivity index (χ3v) is 2.70. The SMILES string of the molecule is COc1ccc(CNc2ncnc(OC)c2C)cn1. The largest absolute Gasteiger partial charge is 0.481 e. The van der Waals surface area contributed by atoms with Crippen LogP contribution in [-0.4, -0.2) is 29.2 Å². The molecule has 2 aromatic rings. The van der Waals surface area contributed by atoms with Crippen LogP contribution in [0.25, 0.3) is 0 Å². The Balaban J connectivity index is 2.05. The van der Waals surface area contributed by atoms with E-state index in [1.807, 2.05) is 19.1 Å². The normalized spacial score (nSPS) is 10.1. The van der Waals surface area contributed by atoms with Crippen LogP contribution in [0.5, 0.6) is 11.8 Å². The molecule has 0 bridgehead atoms. The molecular weight excluding hydrogens is 244 g/mol. The van der Waals surface area contributed by atoms with Crippen molar-refractivity contribution >= 4 is 5.82 Å². The standard InChI is InChI=1S/C13H16N4O2/c1-9-12(16-8-17-13(9)19-3)15-7-10-4-5-11(18-2)14-6-10/h4-6,8H,7H2,1-3H3,(H,15,16,17). The summed E-state index contributed by atoms with van der Waals surface area (Å²) in [6.07, 6.45) is 3.24. The Kier molecular flexibility index (Phi) is 4.12. The summed E-state index contributed by atoms with van der Waals surface area (Å²) in [5.41, 5.74) is 1.92. The van der Waals surface area contributed by atoms with Gasteiger partial charge in [0.2, 0.25) is 11.8 Å². The summed E-state index contributed by atoms with van der Waals surface area (Å²) in [6, 6.07) is 3.77. The second kappa shape index (κ2) is 5.99. The fourth-order valence-corrected chi connectivity index (χ4v) is 1.64. The summed E-state index contributed by atoms with van der Waals surface area (Å²) >= 11 is 0. The molecule has 100 valence electrons. The maximum Gasteiger partial charge on any atom is 0.221 e. The third kappa shape index (κ3) is 3.09. The first kappa shape index (κ1) is 13.1. The number of methoxy groups -OCH3 is 2. The molecule has 2 rings (SSSR count). The molecule has 1 N–H and O–H groups in total. The lowest BCUT2D eigenvalue weighted by Crippen LogP contribution is -2.05. The van der Waals surface area contributed by atoms with Crippen LogP contribution in [0.15, 0.2) is 24.7 Å². The molecule has 0 fully saturated rings. The zero-order valence-corrected chi connectivity index (χ0v) is 11.2. The molecule has 0 atom stereocenters. The van der Waals surface area contributed by atoms with Crippen LogP contribution in [0, 0.1) is 6.92 Å². The second-order valence-electron chi connectivity index (χ2n) is 3.92. The first-order chi connectivity index (χ1) is 9.24. The van der Waals surface area contributed by atoms with Crippen molar-refractivity contribution in [2.24, 2.45) is 0 Å². The predicted octanol–water partition coefficient (Wildman–Crippen LogP) is 1.81. The zero-order valence-electron chi connectivity index (χ0n) is 11.2. The Morgan fingerprint density at radius 1 is 1.11 bits per heavy atom. The molecule has 19 heavy (non-hydrogen) atoms. The van der Waals surface area contributed by atoms with Gasteiger partial charge >= 0.3 is 0 Å². The van der Waals surface area contributed by atoms with Crippen molar-refractivity contribution in [1.82, 2.24) is 15.0 Å². The summed E-state index contributed by atoms with van der Waals surface area (Å²) in [5.74, 6) is 1.93. The van der Waals surface area contributed by atoms with Gasteiger partial charge in [-0.25, -0.2) is 15.0 Å². The summed E-state index contributed by atoms with van der Waals surface area (Å²) in [6.45, 7) is 2.53. The van der Waals surface area contributed by atoms with Crippen molar-refractivity contribution in [1.29, 1.82) is 0 Å². The van der Waals surface area contributed by atoms with Crippen molar-refractivity contribution in [2.75, 3.05) is 19.5 Å². The van der Waals surface area contributed by atoms with E-state index in [1.165, 1.54) is 6.33 Å². The summed E-state index contributed by atoms with van der Waals surface area (Å²) in [4.78, 5) is 12.4. The monoisotopic (exact) mass is 260 g/mol. The first-order valence-corrected chi connectivity index (χ1v) is 5.83. The second-order valence-corrected chi connectivity index (χ2v) is 3.92. The van der Waals surface area contributed by atoms with Gasteiger partial charge < -0.3 is 14.8 Å². The molecule has 0 saturated heterocycles. The number of hydrogen-bond donors (Lipinski definition) is 1. The molecule has 0 aliphatic heterocycles. The minimum absolute atomic E-state index is 0.574. The van der Waals surface area contributed by atoms with Crippen molar-refractivity contribution < 1.29 is 9.47 Å². The maximum absolute atomic E-state index is 5.15. The highest BCUT2D eigenvalue weighted by atomic mass is 16.5. The number of ether oxygens (including phenoxy) is 2. The molecule has 0 amide bonds. The van der Waals surface area contributed by atoms with Gasteiger partial charge in [0.05, 0.1) is 19.8 Å². The topological polar surface area (TPSA) is 69.2 Å². The molecule has 0 spiro atoms. The number of anilines is 1. The lowest BCUT2D eigenvalue weighted by molar-refractivity contribution is 0.393. The number of nitrogens with zero attached hydrogens (tertiary/aromatic N) is 3. The van der Waals surface area contributed by atoms with E-state index in [1.54, 1.807) is 20.4 Å². The van der Waals surface area contributed by atoms with Crippen molar-refractivity contribution in [2.45, 2.75) is 13.5 Å². The Morgan fingerprint density at radius 2 is 1.95 bits per heavy atom. The van der Waals surface area contributed by atoms with E-state index in [9.17, 15) is 0 Å². The lowest BCUT2D eigenvalue weighted by Gasteiger charge is -2.10. The van der Waals surface area contributed by atoms with Crippen LogP contribution < -0.4 is 14.8 Å². The highest BCUT2D eigenvalue weighted by molar-refractivity contribution is 5.47. The number of nitrogens with one attached hydrogen (secondary N) is 1. The molecule has 6 nitrogen and oxygen atoms in total. The number of aromatic nitrogens is 3. The van der Waals surface area contributed by atoms with E-state index in [0.717, 1.165) is 16.9 Å². The van der Waals surface area contributed by atoms with Gasteiger partial charge in [-0.3, -0.25) is 0 Å². The van der Waals surface area contributed by atoms with E-state index < -0.39 is 0 Å². The zero-order chi connectivity index (χ0) is 13.7. The number of hydrogen-bond acceptors (Lipinski definition) is 6. The molecule has 6 heteroatoms. The lowest BCUT2D eigenvalue weighted by atomic mass is 10.2. The van der Waals surface area contributed by atoms with Crippen LogP contribution in [0.3, 0.4) is 0 Å². The van der Waals surface area contributed by atoms with Crippen LogP contribution in [0.4, 0.5) is 5.82 Å². The van der Waals surface area contributed by atoms with E-state index in [-0.39, 0.29) is 0 Å². The molecule has 2 heterocycles. The van der Waals surface area contributed by atoms with Gasteiger partial charge in [-0.2, -0.15) is 0 Å². The Labute approximate surface area is 111 Å². The minimum Gasteiger partial charge on any atom is -0.481 e. The molecule has 0 aliphatic rings. The van der Waals surface area contributed by atoms with Crippen molar-refractivity contribution in [3.63, 3.8) is 0 Å². The van der Waals surface area contributed by atoms with E-state index in [2.05, 4.69) is 20.3 Å². The van der Waals surface area contributed by atoms with Gasteiger partial charge in [0.1, 0.15) is 12.1 Å². The van der Waals surface area contributed by atoms with E-state index in [4.69, 9.17) is 9.47 Å². The van der Waals surface area contributed by atoms with E-state index >= 15 is 0 Å². The van der Waals surface area contributed by atoms with Crippen molar-refractivity contribution in [3.8, 4) is 11.8 Å². The molecule has 2 aromatic heterocycles. The summed E-state index contributed by atoms with van der Waals surface area (Å²) < 4.78 is 10.2. The average molecular weight is 260 g/mol. The Morgan fingerprint density at radius 3 is 2.58 bits per heavy atom.